The normalized spacial score (nSPS) is 11.3. The highest BCUT2D eigenvalue weighted by atomic mass is 79.9. The molecule has 3 aromatic rings. The highest BCUT2D eigenvalue weighted by Gasteiger charge is 2.19. The Kier molecular flexibility index (Phi) is 6.41. The van der Waals surface area contributed by atoms with Crippen LogP contribution >= 0.6 is 27.3 Å². The minimum atomic E-state index is -3.63. The van der Waals surface area contributed by atoms with E-state index in [1.54, 1.807) is 48.1 Å². The molecule has 3 rings (SSSR count). The lowest BCUT2D eigenvalue weighted by Crippen LogP contribution is -2.12. The van der Waals surface area contributed by atoms with Crippen LogP contribution < -0.4 is 4.72 Å². The summed E-state index contributed by atoms with van der Waals surface area (Å²) in [5.41, 5.74) is 2.35. The van der Waals surface area contributed by atoms with Crippen molar-refractivity contribution in [2.45, 2.75) is 23.5 Å². The molecule has 0 saturated heterocycles. The number of nitrogens with one attached hydrogen (secondary N) is 1. The van der Waals surface area contributed by atoms with Crippen LogP contribution in [-0.2, 0) is 27.7 Å². The molecule has 2 heterocycles. The van der Waals surface area contributed by atoms with Crippen LogP contribution in [0.3, 0.4) is 0 Å². The number of benzene rings is 1. The van der Waals surface area contributed by atoms with Gasteiger partial charge in [-0.1, -0.05) is 18.2 Å². The number of ketones is 1. The molecule has 0 spiro atoms. The van der Waals surface area contributed by atoms with Gasteiger partial charge in [0.1, 0.15) is 5.78 Å². The molecule has 0 bridgehead atoms. The second kappa shape index (κ2) is 8.77. The van der Waals surface area contributed by atoms with Crippen molar-refractivity contribution in [3.63, 3.8) is 0 Å². The molecule has 0 amide bonds. The van der Waals surface area contributed by atoms with E-state index in [-0.39, 0.29) is 9.99 Å². The number of carbonyl (C=O) groups excluding carboxylic acids is 1. The number of carbonyl (C=O) groups is 1. The van der Waals surface area contributed by atoms with Crippen molar-refractivity contribution < 1.29 is 13.2 Å². The van der Waals surface area contributed by atoms with Gasteiger partial charge in [-0.05, 0) is 63.1 Å². The molecular formula is C19H17BrN2O3S2. The molecule has 0 aliphatic rings. The largest absolute Gasteiger partial charge is 0.299 e. The molecule has 27 heavy (non-hydrogen) atoms. The Balaban J connectivity index is 1.57. The Labute approximate surface area is 170 Å². The van der Waals surface area contributed by atoms with Crippen LogP contribution in [0, 0.1) is 0 Å². The van der Waals surface area contributed by atoms with E-state index in [1.807, 2.05) is 12.1 Å². The van der Waals surface area contributed by atoms with E-state index in [1.165, 1.54) is 0 Å². The van der Waals surface area contributed by atoms with E-state index in [9.17, 15) is 13.2 Å². The summed E-state index contributed by atoms with van der Waals surface area (Å²) in [6, 6.07) is 12.4. The van der Waals surface area contributed by atoms with E-state index in [0.717, 1.165) is 22.5 Å². The summed E-state index contributed by atoms with van der Waals surface area (Å²) in [6.45, 7) is 0. The van der Waals surface area contributed by atoms with Crippen molar-refractivity contribution in [2.24, 2.45) is 0 Å². The Morgan fingerprint density at radius 3 is 2.52 bits per heavy atom. The molecule has 0 unspecified atom stereocenters. The number of nitrogens with zero attached hydrogens (tertiary/aromatic N) is 1. The third-order valence-electron chi connectivity index (χ3n) is 3.85. The average Bonchev–Trinajstić information content (AvgIpc) is 3.09. The number of sulfonamides is 1. The SMILES string of the molecule is O=C(CCc1cccnc1)Cc1ccc(NS(=O)(=O)c2sccc2Br)cc1. The summed E-state index contributed by atoms with van der Waals surface area (Å²) in [6.07, 6.45) is 4.91. The van der Waals surface area contributed by atoms with Gasteiger partial charge >= 0.3 is 0 Å². The molecule has 0 aliphatic heterocycles. The first-order valence-electron chi connectivity index (χ1n) is 8.19. The third kappa shape index (κ3) is 5.47. The van der Waals surface area contributed by atoms with Gasteiger partial charge in [0.2, 0.25) is 0 Å². The Morgan fingerprint density at radius 2 is 1.89 bits per heavy atom. The van der Waals surface area contributed by atoms with E-state index in [2.05, 4.69) is 25.6 Å². The van der Waals surface area contributed by atoms with E-state index in [4.69, 9.17) is 0 Å². The van der Waals surface area contributed by atoms with Crippen molar-refractivity contribution in [3.8, 4) is 0 Å². The molecule has 1 aromatic carbocycles. The number of rotatable bonds is 8. The van der Waals surface area contributed by atoms with Gasteiger partial charge in [-0.3, -0.25) is 14.5 Å². The number of aryl methyl sites for hydroxylation is 1. The number of aromatic nitrogens is 1. The predicted molar refractivity (Wildman–Crippen MR) is 111 cm³/mol. The fourth-order valence-corrected chi connectivity index (χ4v) is 5.91. The maximum absolute atomic E-state index is 12.4. The van der Waals surface area contributed by atoms with Gasteiger partial charge in [-0.15, -0.1) is 11.3 Å². The Hall–Kier alpha value is -2.03. The molecule has 5 nitrogen and oxygen atoms in total. The van der Waals surface area contributed by atoms with Crippen LogP contribution in [0.2, 0.25) is 0 Å². The predicted octanol–water partition coefficient (Wildman–Crippen LogP) is 4.45. The second-order valence-corrected chi connectivity index (χ2v) is 9.58. The molecule has 0 saturated carbocycles. The van der Waals surface area contributed by atoms with Crippen LogP contribution in [0.1, 0.15) is 17.5 Å². The maximum Gasteiger partial charge on any atom is 0.272 e. The lowest BCUT2D eigenvalue weighted by Gasteiger charge is -2.08. The summed E-state index contributed by atoms with van der Waals surface area (Å²) in [5.74, 6) is 0.134. The zero-order chi connectivity index (χ0) is 19.3. The minimum Gasteiger partial charge on any atom is -0.299 e. The first kappa shape index (κ1) is 19.7. The zero-order valence-electron chi connectivity index (χ0n) is 14.3. The number of hydrogen-bond donors (Lipinski definition) is 1. The Bertz CT molecular complexity index is 1020. The van der Waals surface area contributed by atoms with E-state index < -0.39 is 10.0 Å². The van der Waals surface area contributed by atoms with Crippen molar-refractivity contribution in [1.82, 2.24) is 4.98 Å². The molecule has 1 N–H and O–H groups in total. The zero-order valence-corrected chi connectivity index (χ0v) is 17.5. The molecule has 0 radical (unpaired) electrons. The molecule has 0 atom stereocenters. The monoisotopic (exact) mass is 464 g/mol. The van der Waals surface area contributed by atoms with E-state index >= 15 is 0 Å². The topological polar surface area (TPSA) is 76.1 Å². The number of Topliss-reactive ketones (excluding diaryl/α,β-unsaturated/α-hetero) is 1. The average molecular weight is 465 g/mol. The maximum atomic E-state index is 12.4. The van der Waals surface area contributed by atoms with Crippen molar-refractivity contribution >= 4 is 48.8 Å². The number of anilines is 1. The van der Waals surface area contributed by atoms with Gasteiger partial charge in [-0.2, -0.15) is 0 Å². The molecule has 8 heteroatoms. The van der Waals surface area contributed by atoms with Gasteiger partial charge in [0.25, 0.3) is 10.0 Å². The first-order valence-corrected chi connectivity index (χ1v) is 11.3. The minimum absolute atomic E-state index is 0.134. The fourth-order valence-electron chi connectivity index (χ4n) is 2.51. The van der Waals surface area contributed by atoms with E-state index in [0.29, 0.717) is 29.4 Å². The van der Waals surface area contributed by atoms with Crippen molar-refractivity contribution in [3.05, 3.63) is 75.8 Å². The summed E-state index contributed by atoms with van der Waals surface area (Å²) in [7, 11) is -3.63. The first-order chi connectivity index (χ1) is 12.9. The van der Waals surface area contributed by atoms with Crippen molar-refractivity contribution in [2.75, 3.05) is 4.72 Å². The Morgan fingerprint density at radius 1 is 1.11 bits per heavy atom. The number of pyridine rings is 1. The summed E-state index contributed by atoms with van der Waals surface area (Å²) >= 11 is 4.38. The lowest BCUT2D eigenvalue weighted by molar-refractivity contribution is -0.118. The number of hydrogen-bond acceptors (Lipinski definition) is 5. The van der Waals surface area contributed by atoms with Crippen LogP contribution in [0.15, 0.2) is 68.9 Å². The van der Waals surface area contributed by atoms with Gasteiger partial charge in [0.05, 0.1) is 0 Å². The smallest absolute Gasteiger partial charge is 0.272 e. The third-order valence-corrected chi connectivity index (χ3v) is 7.90. The molecule has 2 aromatic heterocycles. The van der Waals surface area contributed by atoms with Crippen molar-refractivity contribution in [1.29, 1.82) is 0 Å². The number of halogens is 1. The van der Waals surface area contributed by atoms with Gasteiger partial charge in [-0.25, -0.2) is 8.42 Å². The standard InChI is InChI=1S/C19H17BrN2O3S2/c20-18-9-11-26-19(18)27(24,25)22-16-6-3-14(4-7-16)12-17(23)8-5-15-2-1-10-21-13-15/h1-4,6-7,9-11,13,22H,5,8,12H2. The molecule has 0 fully saturated rings. The van der Waals surface area contributed by atoms with Crippen LogP contribution in [0.4, 0.5) is 5.69 Å². The molecule has 140 valence electrons. The molecular weight excluding hydrogens is 448 g/mol. The van der Waals surface area contributed by atoms with Crippen LogP contribution in [0.5, 0.6) is 0 Å². The quantitative estimate of drug-likeness (QED) is 0.533. The molecule has 0 aliphatic carbocycles. The highest BCUT2D eigenvalue weighted by molar-refractivity contribution is 9.10. The van der Waals surface area contributed by atoms with Gasteiger partial charge in [0, 0.05) is 35.4 Å². The summed E-state index contributed by atoms with van der Waals surface area (Å²) < 4.78 is 28.1. The lowest BCUT2D eigenvalue weighted by atomic mass is 10.0. The fraction of sp³-hybridized carbons (Fsp3) is 0.158. The summed E-state index contributed by atoms with van der Waals surface area (Å²) in [5, 5.41) is 1.71. The second-order valence-electron chi connectivity index (χ2n) is 5.94. The van der Waals surface area contributed by atoms with Gasteiger partial charge < -0.3 is 0 Å². The highest BCUT2D eigenvalue weighted by Crippen LogP contribution is 2.29. The number of thiophene rings is 1. The van der Waals surface area contributed by atoms with Crippen LogP contribution in [0.25, 0.3) is 0 Å². The van der Waals surface area contributed by atoms with Crippen LogP contribution in [-0.4, -0.2) is 19.2 Å². The van der Waals surface area contributed by atoms with Gasteiger partial charge in [0.15, 0.2) is 4.21 Å². The summed E-state index contributed by atoms with van der Waals surface area (Å²) in [4.78, 5) is 16.2.